The van der Waals surface area contributed by atoms with Crippen LogP contribution in [0.5, 0.6) is 11.5 Å². The van der Waals surface area contributed by atoms with Crippen LogP contribution in [-0.4, -0.2) is 47.0 Å². The van der Waals surface area contributed by atoms with E-state index in [1.807, 2.05) is 0 Å². The molecule has 0 saturated heterocycles. The van der Waals surface area contributed by atoms with Crippen molar-refractivity contribution < 1.29 is 85.6 Å². The van der Waals surface area contributed by atoms with Gasteiger partial charge in [0.05, 0.1) is 17.4 Å². The third-order valence-electron chi connectivity index (χ3n) is 9.64. The van der Waals surface area contributed by atoms with Gasteiger partial charge in [-0.3, -0.25) is 9.59 Å². The number of alkyl halides is 2. The Bertz CT molecular complexity index is 2070. The first-order valence-electron chi connectivity index (χ1n) is 17.9. The van der Waals surface area contributed by atoms with Crippen molar-refractivity contribution in [3.63, 3.8) is 0 Å². The highest BCUT2D eigenvalue weighted by Gasteiger charge is 2.42. The monoisotopic (exact) mass is 1020 g/mol. The summed E-state index contributed by atoms with van der Waals surface area (Å²) in [5, 5.41) is 0. The summed E-state index contributed by atoms with van der Waals surface area (Å²) in [6.45, 7) is 7.97. The van der Waals surface area contributed by atoms with Gasteiger partial charge in [-0.25, -0.2) is 39.5 Å². The highest BCUT2D eigenvalue weighted by molar-refractivity contribution is 9.10. The summed E-state index contributed by atoms with van der Waals surface area (Å²) in [6.07, 6.45) is -1.53. The molecule has 338 valence electrons. The molecular weight excluding hydrogens is 983 g/mol. The van der Waals surface area contributed by atoms with Crippen molar-refractivity contribution in [1.29, 1.82) is 0 Å². The largest absolute Gasteiger partial charge is 0.484 e. The van der Waals surface area contributed by atoms with Crippen molar-refractivity contribution in [2.24, 2.45) is 11.8 Å². The van der Waals surface area contributed by atoms with Crippen LogP contribution in [0.15, 0.2) is 6.58 Å². The van der Waals surface area contributed by atoms with Crippen molar-refractivity contribution >= 4 is 49.9 Å². The first-order chi connectivity index (χ1) is 28.1. The molecule has 0 bridgehead atoms. The molecule has 0 fully saturated rings. The lowest BCUT2D eigenvalue weighted by Gasteiger charge is -2.34. The maximum Gasteiger partial charge on any atom is 0.310 e. The second kappa shape index (κ2) is 20.4. The van der Waals surface area contributed by atoms with Gasteiger partial charge >= 0.3 is 11.9 Å². The summed E-state index contributed by atoms with van der Waals surface area (Å²) in [5.74, 6) is -39.9. The Kier molecular flexibility index (Phi) is 17.2. The predicted octanol–water partition coefficient (Wildman–Crippen LogP) is 11.9. The van der Waals surface area contributed by atoms with E-state index in [9.17, 15) is 40.3 Å². The molecular formula is C40H37Br2F13O6. The summed E-state index contributed by atoms with van der Waals surface area (Å²) >= 11 is 6.38. The van der Waals surface area contributed by atoms with Crippen molar-refractivity contribution in [1.82, 2.24) is 0 Å². The minimum absolute atomic E-state index is 0.498. The number of esters is 2. The maximum atomic E-state index is 15.9. The molecule has 0 aromatic heterocycles. The molecule has 0 spiro atoms. The number of benzene rings is 3. The second-order valence-corrected chi connectivity index (χ2v) is 18.8. The van der Waals surface area contributed by atoms with Gasteiger partial charge in [-0.15, -0.1) is 0 Å². The summed E-state index contributed by atoms with van der Waals surface area (Å²) in [7, 11) is 0. The zero-order chi connectivity index (χ0) is 46.6. The van der Waals surface area contributed by atoms with Crippen LogP contribution in [0.1, 0.15) is 82.9 Å². The van der Waals surface area contributed by atoms with Gasteiger partial charge in [0.25, 0.3) is 0 Å². The molecule has 0 aliphatic heterocycles. The summed E-state index contributed by atoms with van der Waals surface area (Å²) in [4.78, 5) is 25.2. The third kappa shape index (κ3) is 11.3. The Hall–Kier alpha value is -4.01. The minimum atomic E-state index is -2.58. The van der Waals surface area contributed by atoms with Crippen LogP contribution in [-0.2, 0) is 19.1 Å². The Balaban J connectivity index is 1.97. The number of ether oxygens (including phenoxy) is 4. The minimum Gasteiger partial charge on any atom is -0.484 e. The number of hydrogen-bond acceptors (Lipinski definition) is 6. The Morgan fingerprint density at radius 1 is 0.541 bits per heavy atom. The standard InChI is InChI=1S/C40H37Br2F13O6/c1-8-18-22(43)31(52)35(32(53)23(18)44)58-9-11-60-37(56)15(2)13-17(20-24(45)28(49)30(51)29(50)25(20)46)14-19(40(6,7)42)21-26(47)33(54)36(34(55)27(21)48)59-10-12-61-38(57)16(3)39(4,5)41/h8,15-17,19H,1,9-14H2,2-7H3. The van der Waals surface area contributed by atoms with E-state index in [4.69, 9.17) is 18.9 Å². The molecule has 0 saturated carbocycles. The van der Waals surface area contributed by atoms with Crippen molar-refractivity contribution in [3.8, 4) is 11.5 Å². The zero-order valence-electron chi connectivity index (χ0n) is 33.0. The van der Waals surface area contributed by atoms with Crippen LogP contribution in [0, 0.1) is 87.5 Å². The highest BCUT2D eigenvalue weighted by atomic mass is 79.9. The van der Waals surface area contributed by atoms with Gasteiger partial charge < -0.3 is 18.9 Å². The topological polar surface area (TPSA) is 71.1 Å². The molecule has 21 heteroatoms. The van der Waals surface area contributed by atoms with E-state index in [0.717, 1.165) is 6.92 Å². The molecule has 0 aliphatic rings. The molecule has 0 N–H and O–H groups in total. The second-order valence-electron chi connectivity index (χ2n) is 14.7. The number of hydrogen-bond donors (Lipinski definition) is 0. The average molecular weight is 1020 g/mol. The lowest BCUT2D eigenvalue weighted by Crippen LogP contribution is -2.31. The predicted molar refractivity (Wildman–Crippen MR) is 201 cm³/mol. The third-order valence-corrected chi connectivity index (χ3v) is 10.9. The van der Waals surface area contributed by atoms with Crippen LogP contribution in [0.25, 0.3) is 6.08 Å². The fourth-order valence-corrected chi connectivity index (χ4v) is 6.58. The van der Waals surface area contributed by atoms with Gasteiger partial charge in [-0.05, 0) is 46.5 Å². The van der Waals surface area contributed by atoms with Gasteiger partial charge in [-0.1, -0.05) is 58.4 Å². The fourth-order valence-electron chi connectivity index (χ4n) is 5.98. The van der Waals surface area contributed by atoms with E-state index in [-0.39, 0.29) is 0 Å². The van der Waals surface area contributed by atoms with E-state index in [1.165, 1.54) is 20.8 Å². The zero-order valence-corrected chi connectivity index (χ0v) is 36.1. The summed E-state index contributed by atoms with van der Waals surface area (Å²) in [6, 6.07) is 0. The SMILES string of the molecule is C=Cc1c(F)c(F)c(OCCOC(=O)C(C)CC(CC(c2c(F)c(F)c(OCCOC(=O)C(C)C(C)(C)Br)c(F)c2F)C(C)(C)Br)c2c(F)c(F)c(F)c(F)c2F)c(F)c1F. The molecule has 4 atom stereocenters. The van der Waals surface area contributed by atoms with E-state index in [1.54, 1.807) is 13.8 Å². The highest BCUT2D eigenvalue weighted by Crippen LogP contribution is 2.48. The lowest BCUT2D eigenvalue weighted by atomic mass is 9.75. The molecule has 3 aromatic carbocycles. The summed E-state index contributed by atoms with van der Waals surface area (Å²) in [5.41, 5.74) is -4.12. The van der Waals surface area contributed by atoms with E-state index in [2.05, 4.69) is 38.4 Å². The quantitative estimate of drug-likeness (QED) is 0.0298. The molecule has 61 heavy (non-hydrogen) atoms. The Morgan fingerprint density at radius 2 is 0.918 bits per heavy atom. The molecule has 0 radical (unpaired) electrons. The van der Waals surface area contributed by atoms with Crippen LogP contribution < -0.4 is 9.47 Å². The molecule has 0 aliphatic carbocycles. The van der Waals surface area contributed by atoms with E-state index < -0.39 is 187 Å². The average Bonchev–Trinajstić information content (AvgIpc) is 3.18. The van der Waals surface area contributed by atoms with Crippen LogP contribution in [0.3, 0.4) is 0 Å². The van der Waals surface area contributed by atoms with Crippen molar-refractivity contribution in [2.45, 2.75) is 74.9 Å². The first-order valence-corrected chi connectivity index (χ1v) is 19.5. The van der Waals surface area contributed by atoms with Crippen LogP contribution in [0.4, 0.5) is 57.1 Å². The number of rotatable bonds is 19. The van der Waals surface area contributed by atoms with Crippen LogP contribution >= 0.6 is 31.9 Å². The van der Waals surface area contributed by atoms with Crippen LogP contribution in [0.2, 0.25) is 0 Å². The maximum absolute atomic E-state index is 15.9. The molecule has 0 amide bonds. The lowest BCUT2D eigenvalue weighted by molar-refractivity contribution is -0.150. The number of carbonyl (C=O) groups excluding carboxylic acids is 2. The molecule has 6 nitrogen and oxygen atoms in total. The van der Waals surface area contributed by atoms with Crippen molar-refractivity contribution in [2.75, 3.05) is 26.4 Å². The summed E-state index contributed by atoms with van der Waals surface area (Å²) < 4.78 is 211. The van der Waals surface area contributed by atoms with Crippen molar-refractivity contribution in [3.05, 3.63) is 98.9 Å². The van der Waals surface area contributed by atoms with E-state index >= 15 is 26.3 Å². The number of carbonyl (C=O) groups is 2. The molecule has 4 unspecified atom stereocenters. The van der Waals surface area contributed by atoms with Gasteiger partial charge in [-0.2, -0.15) is 17.6 Å². The molecule has 3 aromatic rings. The van der Waals surface area contributed by atoms with Gasteiger partial charge in [0.2, 0.25) is 29.1 Å². The Morgan fingerprint density at radius 3 is 1.31 bits per heavy atom. The van der Waals surface area contributed by atoms with E-state index in [0.29, 0.717) is 6.08 Å². The normalized spacial score (nSPS) is 14.0. The van der Waals surface area contributed by atoms with Gasteiger partial charge in [0.1, 0.15) is 26.4 Å². The molecule has 3 rings (SSSR count). The number of halogens is 15. The van der Waals surface area contributed by atoms with Gasteiger partial charge in [0.15, 0.2) is 58.0 Å². The first kappa shape index (κ1) is 51.3. The Labute approximate surface area is 358 Å². The molecule has 0 heterocycles. The fraction of sp³-hybridized carbons (Fsp3) is 0.450. The van der Waals surface area contributed by atoms with Gasteiger partial charge in [0, 0.05) is 25.7 Å². The smallest absolute Gasteiger partial charge is 0.310 e.